The number of carbonyl (C=O) groups is 2. The van der Waals surface area contributed by atoms with Crippen molar-refractivity contribution in [2.45, 2.75) is 26.2 Å². The predicted octanol–water partition coefficient (Wildman–Crippen LogP) is 1.45. The SMILES string of the molecule is CNC(=O)NC(=O)C1CC2=CCC(=N)C(C)C2C1. The van der Waals surface area contributed by atoms with E-state index in [-0.39, 0.29) is 17.7 Å². The van der Waals surface area contributed by atoms with Gasteiger partial charge in [0.15, 0.2) is 0 Å². The van der Waals surface area contributed by atoms with Gasteiger partial charge < -0.3 is 10.7 Å². The van der Waals surface area contributed by atoms with Crippen LogP contribution in [0.15, 0.2) is 11.6 Å². The van der Waals surface area contributed by atoms with Crippen molar-refractivity contribution in [1.82, 2.24) is 10.6 Å². The summed E-state index contributed by atoms with van der Waals surface area (Å²) in [6, 6.07) is -0.454. The average Bonchev–Trinajstić information content (AvgIpc) is 2.78. The number of nitrogens with one attached hydrogen (secondary N) is 3. The molecule has 18 heavy (non-hydrogen) atoms. The van der Waals surface area contributed by atoms with Gasteiger partial charge in [-0.15, -0.1) is 0 Å². The largest absolute Gasteiger partial charge is 0.341 e. The first kappa shape index (κ1) is 12.8. The van der Waals surface area contributed by atoms with Crippen molar-refractivity contribution in [3.05, 3.63) is 11.6 Å². The molecule has 0 aromatic heterocycles. The lowest BCUT2D eigenvalue weighted by Gasteiger charge is -2.25. The van der Waals surface area contributed by atoms with E-state index in [1.165, 1.54) is 12.6 Å². The van der Waals surface area contributed by atoms with Crippen molar-refractivity contribution in [1.29, 1.82) is 5.41 Å². The zero-order valence-corrected chi connectivity index (χ0v) is 10.7. The van der Waals surface area contributed by atoms with E-state index >= 15 is 0 Å². The Morgan fingerprint density at radius 1 is 1.44 bits per heavy atom. The lowest BCUT2D eigenvalue weighted by molar-refractivity contribution is -0.123. The molecule has 0 saturated heterocycles. The molecule has 1 fully saturated rings. The fourth-order valence-electron chi connectivity index (χ4n) is 2.88. The standard InChI is InChI=1S/C13H19N3O2/c1-7-10-6-9(12(17)16-13(18)15-2)5-8(10)3-4-11(7)14/h3,7,9-10,14H,4-6H2,1-2H3,(H2,15,16,17,18). The van der Waals surface area contributed by atoms with Crippen LogP contribution in [0.4, 0.5) is 4.79 Å². The molecule has 1 saturated carbocycles. The first-order valence-electron chi connectivity index (χ1n) is 6.31. The van der Waals surface area contributed by atoms with E-state index < -0.39 is 6.03 Å². The molecule has 0 aromatic rings. The summed E-state index contributed by atoms with van der Waals surface area (Å²) in [4.78, 5) is 23.0. The van der Waals surface area contributed by atoms with E-state index in [4.69, 9.17) is 5.41 Å². The van der Waals surface area contributed by atoms with Crippen LogP contribution in [0.3, 0.4) is 0 Å². The van der Waals surface area contributed by atoms with Gasteiger partial charge in [0.05, 0.1) is 0 Å². The maximum Gasteiger partial charge on any atom is 0.321 e. The van der Waals surface area contributed by atoms with E-state index in [2.05, 4.69) is 23.6 Å². The lowest BCUT2D eigenvalue weighted by atomic mass is 9.80. The van der Waals surface area contributed by atoms with Gasteiger partial charge in [0, 0.05) is 31.0 Å². The van der Waals surface area contributed by atoms with Crippen molar-refractivity contribution in [3.63, 3.8) is 0 Å². The Morgan fingerprint density at radius 3 is 2.83 bits per heavy atom. The van der Waals surface area contributed by atoms with Gasteiger partial charge in [-0.1, -0.05) is 18.6 Å². The van der Waals surface area contributed by atoms with E-state index in [0.717, 1.165) is 18.6 Å². The maximum absolute atomic E-state index is 11.9. The molecule has 3 atom stereocenters. The molecule has 0 aromatic carbocycles. The molecule has 5 heteroatoms. The Morgan fingerprint density at radius 2 is 2.17 bits per heavy atom. The molecule has 0 bridgehead atoms. The Kier molecular flexibility index (Phi) is 3.50. The number of carbonyl (C=O) groups excluding carboxylic acids is 2. The van der Waals surface area contributed by atoms with Crippen LogP contribution in [0.1, 0.15) is 26.2 Å². The van der Waals surface area contributed by atoms with Crippen molar-refractivity contribution in [3.8, 4) is 0 Å². The molecular formula is C13H19N3O2. The summed E-state index contributed by atoms with van der Waals surface area (Å²) in [6.07, 6.45) is 4.26. The zero-order valence-electron chi connectivity index (χ0n) is 10.7. The van der Waals surface area contributed by atoms with E-state index in [9.17, 15) is 9.59 Å². The van der Waals surface area contributed by atoms with Crippen LogP contribution < -0.4 is 10.6 Å². The Labute approximate surface area is 107 Å². The van der Waals surface area contributed by atoms with E-state index in [1.54, 1.807) is 0 Å². The van der Waals surface area contributed by atoms with Gasteiger partial charge in [0.2, 0.25) is 5.91 Å². The number of fused-ring (bicyclic) bond motifs is 1. The van der Waals surface area contributed by atoms with E-state index in [0.29, 0.717) is 12.3 Å². The van der Waals surface area contributed by atoms with Crippen LogP contribution in [-0.4, -0.2) is 24.7 Å². The highest BCUT2D eigenvalue weighted by atomic mass is 16.2. The fraction of sp³-hybridized carbons (Fsp3) is 0.615. The fourth-order valence-corrected chi connectivity index (χ4v) is 2.88. The second kappa shape index (κ2) is 4.92. The molecule has 3 amide bonds. The maximum atomic E-state index is 11.9. The number of rotatable bonds is 1. The van der Waals surface area contributed by atoms with Crippen molar-refractivity contribution >= 4 is 17.6 Å². The van der Waals surface area contributed by atoms with Crippen molar-refractivity contribution < 1.29 is 9.59 Å². The first-order chi connectivity index (χ1) is 8.52. The molecule has 3 unspecified atom stereocenters. The molecule has 2 aliphatic carbocycles. The second-order valence-corrected chi connectivity index (χ2v) is 5.11. The molecule has 2 rings (SSSR count). The van der Waals surface area contributed by atoms with Gasteiger partial charge in [-0.05, 0) is 18.8 Å². The molecular weight excluding hydrogens is 230 g/mol. The topological polar surface area (TPSA) is 82.1 Å². The third-order valence-corrected chi connectivity index (χ3v) is 4.07. The monoisotopic (exact) mass is 249 g/mol. The Balaban J connectivity index is 2.02. The average molecular weight is 249 g/mol. The van der Waals surface area contributed by atoms with Crippen LogP contribution in [0.25, 0.3) is 0 Å². The molecule has 0 aliphatic heterocycles. The minimum absolute atomic E-state index is 0.133. The third kappa shape index (κ3) is 2.30. The Hall–Kier alpha value is -1.65. The number of amides is 3. The van der Waals surface area contributed by atoms with Crippen LogP contribution >= 0.6 is 0 Å². The normalized spacial score (nSPS) is 30.4. The minimum atomic E-state index is -0.454. The summed E-state index contributed by atoms with van der Waals surface area (Å²) in [5.74, 6) is 0.199. The summed E-state index contributed by atoms with van der Waals surface area (Å²) < 4.78 is 0. The molecule has 5 nitrogen and oxygen atoms in total. The van der Waals surface area contributed by atoms with Gasteiger partial charge in [0.1, 0.15) is 0 Å². The molecule has 0 spiro atoms. The summed E-state index contributed by atoms with van der Waals surface area (Å²) >= 11 is 0. The van der Waals surface area contributed by atoms with Crippen LogP contribution in [0, 0.1) is 23.2 Å². The second-order valence-electron chi connectivity index (χ2n) is 5.11. The van der Waals surface area contributed by atoms with E-state index in [1.807, 2.05) is 0 Å². The number of hydrogen-bond donors (Lipinski definition) is 3. The molecule has 98 valence electrons. The quantitative estimate of drug-likeness (QED) is 0.615. The number of allylic oxidation sites excluding steroid dienone is 2. The highest BCUT2D eigenvalue weighted by Gasteiger charge is 2.39. The summed E-state index contributed by atoms with van der Waals surface area (Å²) in [5.41, 5.74) is 2.03. The molecule has 3 N–H and O–H groups in total. The number of hydrogen-bond acceptors (Lipinski definition) is 3. The van der Waals surface area contributed by atoms with Gasteiger partial charge in [-0.2, -0.15) is 0 Å². The Bertz CT molecular complexity index is 428. The van der Waals surface area contributed by atoms with Gasteiger partial charge in [0.25, 0.3) is 0 Å². The number of urea groups is 1. The van der Waals surface area contributed by atoms with Gasteiger partial charge >= 0.3 is 6.03 Å². The van der Waals surface area contributed by atoms with Gasteiger partial charge in [-0.3, -0.25) is 10.1 Å². The summed E-state index contributed by atoms with van der Waals surface area (Å²) in [6.45, 7) is 2.05. The smallest absolute Gasteiger partial charge is 0.321 e. The highest BCUT2D eigenvalue weighted by molar-refractivity contribution is 5.96. The minimum Gasteiger partial charge on any atom is -0.341 e. The van der Waals surface area contributed by atoms with Crippen LogP contribution in [0.5, 0.6) is 0 Å². The molecule has 2 aliphatic rings. The summed E-state index contributed by atoms with van der Waals surface area (Å²) in [5, 5.41) is 12.6. The summed E-state index contributed by atoms with van der Waals surface area (Å²) in [7, 11) is 1.49. The molecule has 0 radical (unpaired) electrons. The lowest BCUT2D eigenvalue weighted by Crippen LogP contribution is -2.40. The number of imide groups is 1. The highest BCUT2D eigenvalue weighted by Crippen LogP contribution is 2.43. The van der Waals surface area contributed by atoms with Crippen LogP contribution in [0.2, 0.25) is 0 Å². The van der Waals surface area contributed by atoms with Crippen molar-refractivity contribution in [2.75, 3.05) is 7.05 Å². The third-order valence-electron chi connectivity index (χ3n) is 4.07. The zero-order chi connectivity index (χ0) is 13.3. The first-order valence-corrected chi connectivity index (χ1v) is 6.31. The molecule has 0 heterocycles. The van der Waals surface area contributed by atoms with Crippen molar-refractivity contribution in [2.24, 2.45) is 17.8 Å². The predicted molar refractivity (Wildman–Crippen MR) is 68.4 cm³/mol. The van der Waals surface area contributed by atoms with Crippen LogP contribution in [-0.2, 0) is 4.79 Å². The van der Waals surface area contributed by atoms with Gasteiger partial charge in [-0.25, -0.2) is 4.79 Å².